The average molecular weight is 511 g/mol. The van der Waals surface area contributed by atoms with E-state index in [0.29, 0.717) is 22.8 Å². The molecule has 0 aliphatic carbocycles. The first kappa shape index (κ1) is 24.9. The van der Waals surface area contributed by atoms with Gasteiger partial charge in [0.05, 0.1) is 22.0 Å². The van der Waals surface area contributed by atoms with Crippen LogP contribution in [0.2, 0.25) is 0 Å². The van der Waals surface area contributed by atoms with E-state index in [4.69, 9.17) is 0 Å². The predicted octanol–water partition coefficient (Wildman–Crippen LogP) is 6.06. The van der Waals surface area contributed by atoms with Crippen molar-refractivity contribution in [1.82, 2.24) is 14.8 Å². The Bertz CT molecular complexity index is 1430. The van der Waals surface area contributed by atoms with Gasteiger partial charge in [-0.05, 0) is 60.2 Å². The van der Waals surface area contributed by atoms with Crippen molar-refractivity contribution in [3.05, 3.63) is 101 Å². The first-order valence-corrected chi connectivity index (χ1v) is 10.4. The molecule has 0 saturated heterocycles. The highest BCUT2D eigenvalue weighted by atomic mass is 19.4. The van der Waals surface area contributed by atoms with Crippen LogP contribution in [0.1, 0.15) is 11.4 Å². The first-order valence-electron chi connectivity index (χ1n) is 10.4. The number of nitrogens with zero attached hydrogens (tertiary/aromatic N) is 5. The molecule has 1 N–H and O–H groups in total. The summed E-state index contributed by atoms with van der Waals surface area (Å²) in [6.07, 6.45) is -1.33. The molecule has 0 unspecified atom stereocenters. The Labute approximate surface area is 206 Å². The fraction of sp³-hybridized carbons (Fsp3) is 0.0417. The van der Waals surface area contributed by atoms with Crippen molar-refractivity contribution < 1.29 is 32.7 Å². The summed E-state index contributed by atoms with van der Waals surface area (Å²) in [7, 11) is 0. The molecule has 188 valence electrons. The van der Waals surface area contributed by atoms with Crippen LogP contribution in [0.3, 0.4) is 0 Å². The van der Waals surface area contributed by atoms with Gasteiger partial charge in [0.1, 0.15) is 12.1 Å². The van der Waals surface area contributed by atoms with E-state index in [1.165, 1.54) is 59.5 Å². The highest BCUT2D eigenvalue weighted by Gasteiger charge is 2.31. The molecule has 1 heterocycles. The predicted molar refractivity (Wildman–Crippen MR) is 127 cm³/mol. The minimum Gasteiger partial charge on any atom is -0.464 e. The van der Waals surface area contributed by atoms with Gasteiger partial charge >= 0.3 is 12.5 Å². The lowest BCUT2D eigenvalue weighted by atomic mass is 10.1. The van der Waals surface area contributed by atoms with E-state index in [1.807, 2.05) is 0 Å². The average Bonchev–Trinajstić information content (AvgIpc) is 3.32. The minimum atomic E-state index is -4.78. The van der Waals surface area contributed by atoms with E-state index in [-0.39, 0.29) is 17.1 Å². The Balaban J connectivity index is 1.45. The SMILES string of the molecule is O=C(O)N(c1ccc(C=Cc2ncn(-c3ccc(OC(F)(F)F)cc3)n2)cc1)c1ccc([N+](=O)[O-])cc1. The number of nitro groups is 1. The highest BCUT2D eigenvalue weighted by molar-refractivity contribution is 5.95. The van der Waals surface area contributed by atoms with Crippen LogP contribution in [0.4, 0.5) is 35.0 Å². The molecule has 0 bridgehead atoms. The maximum atomic E-state index is 12.3. The summed E-state index contributed by atoms with van der Waals surface area (Å²) in [4.78, 5) is 27.2. The molecule has 0 radical (unpaired) electrons. The molecule has 0 fully saturated rings. The van der Waals surface area contributed by atoms with E-state index in [0.717, 1.165) is 4.90 Å². The molecule has 3 aromatic carbocycles. The highest BCUT2D eigenvalue weighted by Crippen LogP contribution is 2.28. The Morgan fingerprint density at radius 1 is 0.973 bits per heavy atom. The van der Waals surface area contributed by atoms with Crippen molar-refractivity contribution >= 4 is 35.3 Å². The lowest BCUT2D eigenvalue weighted by Gasteiger charge is -2.19. The summed E-state index contributed by atoms with van der Waals surface area (Å²) >= 11 is 0. The van der Waals surface area contributed by atoms with Gasteiger partial charge < -0.3 is 9.84 Å². The summed E-state index contributed by atoms with van der Waals surface area (Å²) in [6.45, 7) is 0. The van der Waals surface area contributed by atoms with Crippen LogP contribution < -0.4 is 9.64 Å². The van der Waals surface area contributed by atoms with Crippen LogP contribution in [0.25, 0.3) is 17.8 Å². The molecule has 1 aromatic heterocycles. The van der Waals surface area contributed by atoms with Crippen LogP contribution in [0.15, 0.2) is 79.1 Å². The Hall–Kier alpha value is -5.20. The van der Waals surface area contributed by atoms with E-state index in [9.17, 15) is 33.2 Å². The Kier molecular flexibility index (Phi) is 6.86. The third-order valence-corrected chi connectivity index (χ3v) is 4.93. The van der Waals surface area contributed by atoms with Crippen molar-refractivity contribution in [2.45, 2.75) is 6.36 Å². The lowest BCUT2D eigenvalue weighted by molar-refractivity contribution is -0.384. The van der Waals surface area contributed by atoms with Crippen molar-refractivity contribution in [3.63, 3.8) is 0 Å². The van der Waals surface area contributed by atoms with Gasteiger partial charge in [-0.15, -0.1) is 18.3 Å². The van der Waals surface area contributed by atoms with Crippen molar-refractivity contribution in [1.29, 1.82) is 0 Å². The number of non-ortho nitro benzene ring substituents is 1. The summed E-state index contributed by atoms with van der Waals surface area (Å²) in [5.74, 6) is -0.0206. The Morgan fingerprint density at radius 3 is 2.11 bits per heavy atom. The molecular formula is C24H16F3N5O5. The maximum Gasteiger partial charge on any atom is 0.573 e. The second-order valence-corrected chi connectivity index (χ2v) is 7.41. The number of benzene rings is 3. The summed E-state index contributed by atoms with van der Waals surface area (Å²) < 4.78 is 42.1. The number of carbonyl (C=O) groups is 1. The van der Waals surface area contributed by atoms with Gasteiger partial charge in [0.15, 0.2) is 5.82 Å². The molecule has 1 amide bonds. The molecule has 0 aliphatic rings. The molecule has 0 spiro atoms. The van der Waals surface area contributed by atoms with Crippen LogP contribution in [0.5, 0.6) is 5.75 Å². The number of amides is 1. The molecule has 37 heavy (non-hydrogen) atoms. The number of alkyl halides is 3. The molecular weight excluding hydrogens is 495 g/mol. The number of carboxylic acid groups (broad SMARTS) is 1. The molecule has 0 saturated carbocycles. The number of ether oxygens (including phenoxy) is 1. The van der Waals surface area contributed by atoms with E-state index < -0.39 is 17.4 Å². The van der Waals surface area contributed by atoms with Gasteiger partial charge in [-0.25, -0.2) is 19.4 Å². The molecule has 0 atom stereocenters. The van der Waals surface area contributed by atoms with Crippen LogP contribution >= 0.6 is 0 Å². The molecule has 4 aromatic rings. The second-order valence-electron chi connectivity index (χ2n) is 7.41. The smallest absolute Gasteiger partial charge is 0.464 e. The zero-order valence-corrected chi connectivity index (χ0v) is 18.6. The number of rotatable bonds is 7. The Morgan fingerprint density at radius 2 is 1.57 bits per heavy atom. The number of hydrogen-bond donors (Lipinski definition) is 1. The fourth-order valence-electron chi connectivity index (χ4n) is 3.28. The zero-order valence-electron chi connectivity index (χ0n) is 18.6. The van der Waals surface area contributed by atoms with Crippen LogP contribution in [-0.2, 0) is 0 Å². The van der Waals surface area contributed by atoms with Gasteiger partial charge in [-0.2, -0.15) is 0 Å². The van der Waals surface area contributed by atoms with E-state index in [2.05, 4.69) is 14.8 Å². The van der Waals surface area contributed by atoms with Crippen molar-refractivity contribution in [2.75, 3.05) is 4.90 Å². The van der Waals surface area contributed by atoms with Gasteiger partial charge in [0.25, 0.3) is 5.69 Å². The minimum absolute atomic E-state index is 0.155. The van der Waals surface area contributed by atoms with Crippen molar-refractivity contribution in [3.8, 4) is 11.4 Å². The van der Waals surface area contributed by atoms with Crippen LogP contribution in [0, 0.1) is 10.1 Å². The molecule has 4 rings (SSSR count). The number of anilines is 2. The molecule has 13 heteroatoms. The summed E-state index contributed by atoms with van der Waals surface area (Å²) in [5, 5.41) is 24.7. The second kappa shape index (κ2) is 10.2. The van der Waals surface area contributed by atoms with Crippen LogP contribution in [-0.4, -0.2) is 37.2 Å². The number of halogens is 3. The maximum absolute atomic E-state index is 12.3. The van der Waals surface area contributed by atoms with Crippen molar-refractivity contribution in [2.24, 2.45) is 0 Å². The third kappa shape index (κ3) is 6.28. The monoisotopic (exact) mass is 511 g/mol. The van der Waals surface area contributed by atoms with Gasteiger partial charge in [0.2, 0.25) is 0 Å². The largest absolute Gasteiger partial charge is 0.573 e. The van der Waals surface area contributed by atoms with Gasteiger partial charge in [0, 0.05) is 12.1 Å². The lowest BCUT2D eigenvalue weighted by Crippen LogP contribution is -2.23. The topological polar surface area (TPSA) is 124 Å². The quantitative estimate of drug-likeness (QED) is 0.236. The normalized spacial score (nSPS) is 11.4. The summed E-state index contributed by atoms with van der Waals surface area (Å²) in [6, 6.07) is 16.8. The number of aromatic nitrogens is 3. The zero-order chi connectivity index (χ0) is 26.6. The standard InChI is InChI=1S/C24H16F3N5O5/c25-24(26,27)37-21-12-10-17(11-13-21)30-15-28-22(29-30)14-3-16-1-4-18(5-2-16)31(23(33)34)19-6-8-20(9-7-19)32(35)36/h1-15H,(H,33,34). The fourth-order valence-corrected chi connectivity index (χ4v) is 3.28. The van der Waals surface area contributed by atoms with Gasteiger partial charge in [-0.1, -0.05) is 18.2 Å². The number of nitro benzene ring substituents is 1. The first-order chi connectivity index (χ1) is 17.6. The van der Waals surface area contributed by atoms with E-state index >= 15 is 0 Å². The van der Waals surface area contributed by atoms with Gasteiger partial charge in [-0.3, -0.25) is 10.1 Å². The number of hydrogen-bond acceptors (Lipinski definition) is 6. The summed E-state index contributed by atoms with van der Waals surface area (Å²) in [5.41, 5.74) is 1.61. The third-order valence-electron chi connectivity index (χ3n) is 4.93. The molecule has 10 nitrogen and oxygen atoms in total. The molecule has 0 aliphatic heterocycles. The van der Waals surface area contributed by atoms with E-state index in [1.54, 1.807) is 36.4 Å².